The van der Waals surface area contributed by atoms with E-state index >= 15 is 0 Å². The molecule has 0 radical (unpaired) electrons. The molecule has 1 aliphatic heterocycles. The van der Waals surface area contributed by atoms with Crippen LogP contribution in [-0.2, 0) is 17.9 Å². The summed E-state index contributed by atoms with van der Waals surface area (Å²) in [6.45, 7) is 5.07. The quantitative estimate of drug-likeness (QED) is 0.757. The van der Waals surface area contributed by atoms with Crippen LogP contribution in [0.5, 0.6) is 5.75 Å². The number of carbonyl (C=O) groups is 1. The number of carbonyl (C=O) groups excluding carboxylic acids is 1. The SMILES string of the molecule is CC1(C)Oc2cc3c(cc2NC1=O)nc(N)n3CCCn1ccnc1. The highest BCUT2D eigenvalue weighted by Crippen LogP contribution is 2.37. The number of aryl methyl sites for hydroxylation is 2. The Bertz CT molecular complexity index is 942. The Morgan fingerprint density at radius 1 is 1.32 bits per heavy atom. The van der Waals surface area contributed by atoms with Gasteiger partial charge in [0.05, 0.1) is 23.0 Å². The first-order chi connectivity index (χ1) is 11.9. The lowest BCUT2D eigenvalue weighted by atomic mass is 10.1. The number of hydrogen-bond acceptors (Lipinski definition) is 5. The van der Waals surface area contributed by atoms with Gasteiger partial charge in [-0.25, -0.2) is 9.97 Å². The molecule has 0 bridgehead atoms. The predicted octanol–water partition coefficient (Wildman–Crippen LogP) is 2.01. The zero-order valence-corrected chi connectivity index (χ0v) is 14.2. The summed E-state index contributed by atoms with van der Waals surface area (Å²) in [6.07, 6.45) is 6.39. The smallest absolute Gasteiger partial charge is 0.268 e. The molecular formula is C17H20N6O2. The van der Waals surface area contributed by atoms with Gasteiger partial charge in [0.15, 0.2) is 5.60 Å². The molecule has 4 rings (SSSR count). The highest BCUT2D eigenvalue weighted by molar-refractivity contribution is 6.02. The van der Waals surface area contributed by atoms with Crippen molar-refractivity contribution < 1.29 is 9.53 Å². The number of imidazole rings is 2. The number of benzene rings is 1. The molecule has 3 heterocycles. The third-order valence-electron chi connectivity index (χ3n) is 4.40. The molecule has 8 nitrogen and oxygen atoms in total. The lowest BCUT2D eigenvalue weighted by molar-refractivity contribution is -0.129. The molecule has 0 saturated heterocycles. The van der Waals surface area contributed by atoms with Crippen molar-refractivity contribution in [2.24, 2.45) is 0 Å². The third-order valence-corrected chi connectivity index (χ3v) is 4.40. The number of nitrogens with two attached hydrogens (primary N) is 1. The van der Waals surface area contributed by atoms with E-state index in [0.717, 1.165) is 30.5 Å². The normalized spacial score (nSPS) is 15.7. The fourth-order valence-corrected chi connectivity index (χ4v) is 3.01. The number of rotatable bonds is 4. The molecule has 0 saturated carbocycles. The maximum Gasteiger partial charge on any atom is 0.268 e. The number of fused-ring (bicyclic) bond motifs is 2. The van der Waals surface area contributed by atoms with Gasteiger partial charge in [0, 0.05) is 31.5 Å². The third kappa shape index (κ3) is 2.69. The molecule has 2 aromatic heterocycles. The number of amides is 1. The highest BCUT2D eigenvalue weighted by atomic mass is 16.5. The molecule has 3 N–H and O–H groups in total. The zero-order valence-electron chi connectivity index (χ0n) is 14.2. The molecule has 1 aromatic carbocycles. The van der Waals surface area contributed by atoms with Crippen LogP contribution < -0.4 is 15.8 Å². The van der Waals surface area contributed by atoms with Crippen molar-refractivity contribution >= 4 is 28.6 Å². The van der Waals surface area contributed by atoms with E-state index in [1.54, 1.807) is 32.4 Å². The molecule has 1 amide bonds. The predicted molar refractivity (Wildman–Crippen MR) is 94.3 cm³/mol. The van der Waals surface area contributed by atoms with Crippen LogP contribution in [0.3, 0.4) is 0 Å². The number of aromatic nitrogens is 4. The Morgan fingerprint density at radius 2 is 2.16 bits per heavy atom. The molecule has 1 aliphatic rings. The van der Waals surface area contributed by atoms with Crippen LogP contribution in [0.1, 0.15) is 20.3 Å². The van der Waals surface area contributed by atoms with Gasteiger partial charge < -0.3 is 24.9 Å². The Morgan fingerprint density at radius 3 is 2.92 bits per heavy atom. The van der Waals surface area contributed by atoms with Crippen LogP contribution in [0, 0.1) is 0 Å². The van der Waals surface area contributed by atoms with Gasteiger partial charge >= 0.3 is 0 Å². The largest absolute Gasteiger partial charge is 0.476 e. The second-order valence-corrected chi connectivity index (χ2v) is 6.68. The van der Waals surface area contributed by atoms with E-state index in [9.17, 15) is 4.79 Å². The Balaban J connectivity index is 1.64. The maximum atomic E-state index is 12.0. The van der Waals surface area contributed by atoms with E-state index in [0.29, 0.717) is 17.4 Å². The van der Waals surface area contributed by atoms with E-state index in [1.165, 1.54) is 0 Å². The number of nitrogens with one attached hydrogen (secondary N) is 1. The van der Waals surface area contributed by atoms with E-state index in [4.69, 9.17) is 10.5 Å². The van der Waals surface area contributed by atoms with Gasteiger partial charge in [-0.15, -0.1) is 0 Å². The first-order valence-corrected chi connectivity index (χ1v) is 8.20. The van der Waals surface area contributed by atoms with Gasteiger partial charge in [-0.2, -0.15) is 0 Å². The van der Waals surface area contributed by atoms with Gasteiger partial charge in [-0.05, 0) is 26.3 Å². The lowest BCUT2D eigenvalue weighted by Gasteiger charge is -2.31. The van der Waals surface area contributed by atoms with Crippen molar-refractivity contribution in [3.05, 3.63) is 30.9 Å². The van der Waals surface area contributed by atoms with E-state index < -0.39 is 5.60 Å². The van der Waals surface area contributed by atoms with Crippen molar-refractivity contribution in [1.29, 1.82) is 0 Å². The fourth-order valence-electron chi connectivity index (χ4n) is 3.01. The average molecular weight is 340 g/mol. The summed E-state index contributed by atoms with van der Waals surface area (Å²) in [5.41, 5.74) is 7.45. The van der Waals surface area contributed by atoms with Gasteiger partial charge in [0.25, 0.3) is 5.91 Å². The van der Waals surface area contributed by atoms with Crippen molar-refractivity contribution in [1.82, 2.24) is 19.1 Å². The summed E-state index contributed by atoms with van der Waals surface area (Å²) in [7, 11) is 0. The summed E-state index contributed by atoms with van der Waals surface area (Å²) >= 11 is 0. The summed E-state index contributed by atoms with van der Waals surface area (Å²) in [4.78, 5) is 20.5. The molecule has 3 aromatic rings. The van der Waals surface area contributed by atoms with Gasteiger partial charge in [-0.1, -0.05) is 0 Å². The molecular weight excluding hydrogens is 320 g/mol. The van der Waals surface area contributed by atoms with Crippen LogP contribution >= 0.6 is 0 Å². The molecule has 130 valence electrons. The highest BCUT2D eigenvalue weighted by Gasteiger charge is 2.35. The number of nitrogen functional groups attached to an aromatic ring is 1. The minimum Gasteiger partial charge on any atom is -0.476 e. The van der Waals surface area contributed by atoms with Crippen LogP contribution in [-0.4, -0.2) is 30.6 Å². The standard InChI is InChI=1S/C17H20N6O2/c1-17(2)15(24)20-12-8-11-13(9-14(12)25-17)23(16(18)21-11)6-3-5-22-7-4-19-10-22/h4,7-10H,3,5-6H2,1-2H3,(H2,18,21)(H,20,24). The first-order valence-electron chi connectivity index (χ1n) is 8.20. The van der Waals surface area contributed by atoms with E-state index in [2.05, 4.69) is 15.3 Å². The van der Waals surface area contributed by atoms with Crippen molar-refractivity contribution in [2.75, 3.05) is 11.1 Å². The number of anilines is 2. The molecule has 8 heteroatoms. The van der Waals surface area contributed by atoms with Gasteiger partial charge in [0.2, 0.25) is 5.95 Å². The monoisotopic (exact) mass is 340 g/mol. The summed E-state index contributed by atoms with van der Waals surface area (Å²) in [6, 6.07) is 3.70. The Labute approximate surface area is 144 Å². The fraction of sp³-hybridized carbons (Fsp3) is 0.353. The van der Waals surface area contributed by atoms with Gasteiger partial charge in [0.1, 0.15) is 5.75 Å². The van der Waals surface area contributed by atoms with Crippen LogP contribution in [0.2, 0.25) is 0 Å². The Kier molecular flexibility index (Phi) is 3.41. The number of hydrogen-bond donors (Lipinski definition) is 2. The van der Waals surface area contributed by atoms with Gasteiger partial charge in [-0.3, -0.25) is 4.79 Å². The van der Waals surface area contributed by atoms with Crippen LogP contribution in [0.25, 0.3) is 11.0 Å². The van der Waals surface area contributed by atoms with Crippen LogP contribution in [0.4, 0.5) is 11.6 Å². The molecule has 0 spiro atoms. The topological polar surface area (TPSA) is 100.0 Å². The molecule has 25 heavy (non-hydrogen) atoms. The van der Waals surface area contributed by atoms with E-state index in [1.807, 2.05) is 21.4 Å². The summed E-state index contributed by atoms with van der Waals surface area (Å²) in [5.74, 6) is 0.911. The molecule has 0 fully saturated rings. The zero-order chi connectivity index (χ0) is 17.6. The van der Waals surface area contributed by atoms with Crippen molar-refractivity contribution in [3.8, 4) is 5.75 Å². The number of nitrogens with zero attached hydrogens (tertiary/aromatic N) is 4. The minimum absolute atomic E-state index is 0.174. The summed E-state index contributed by atoms with van der Waals surface area (Å²) < 4.78 is 9.86. The van der Waals surface area contributed by atoms with E-state index in [-0.39, 0.29) is 5.91 Å². The molecule has 0 aliphatic carbocycles. The lowest BCUT2D eigenvalue weighted by Crippen LogP contribution is -2.45. The second-order valence-electron chi connectivity index (χ2n) is 6.68. The minimum atomic E-state index is -0.904. The van der Waals surface area contributed by atoms with Crippen molar-refractivity contribution in [3.63, 3.8) is 0 Å². The average Bonchev–Trinajstić information content (AvgIpc) is 3.15. The second kappa shape index (κ2) is 5.51. The molecule has 0 unspecified atom stereocenters. The van der Waals surface area contributed by atoms with Crippen LogP contribution in [0.15, 0.2) is 30.9 Å². The number of ether oxygens (including phenoxy) is 1. The summed E-state index contributed by atoms with van der Waals surface area (Å²) in [5, 5.41) is 2.87. The molecule has 0 atom stereocenters. The Hall–Kier alpha value is -3.03. The maximum absolute atomic E-state index is 12.0. The van der Waals surface area contributed by atoms with Crippen molar-refractivity contribution in [2.45, 2.75) is 39.0 Å². The first kappa shape index (κ1) is 15.5.